The average molecular weight is 649 g/mol. The number of para-hydroxylation sites is 2. The Kier molecular flexibility index (Phi) is 6.73. The lowest BCUT2D eigenvalue weighted by Gasteiger charge is -2.25. The minimum absolute atomic E-state index is 0.588. The summed E-state index contributed by atoms with van der Waals surface area (Å²) >= 11 is 0. The third kappa shape index (κ3) is 4.53. The van der Waals surface area contributed by atoms with Crippen LogP contribution >= 0.6 is 0 Å². The predicted octanol–water partition coefficient (Wildman–Crippen LogP) is 11.9. The van der Waals surface area contributed by atoms with Crippen molar-refractivity contribution < 1.29 is 4.74 Å². The van der Waals surface area contributed by atoms with Crippen LogP contribution in [0.4, 0.5) is 0 Å². The quantitative estimate of drug-likeness (QED) is 0.174. The van der Waals surface area contributed by atoms with Crippen LogP contribution in [0.25, 0.3) is 66.2 Å². The van der Waals surface area contributed by atoms with Gasteiger partial charge in [0.1, 0.15) is 23.0 Å². The standard InChI is InChI=1S/C45H36N4O/c1-29-12-11-17-33(30-13-3-2-4-14-30)44(29)42-28-47-45-38-26-31(21-23-34(38)35-15-5-8-19-40(35)49(42)45)50-32-22-24-37-36-16-6-7-18-39(36)48(41(37)27-32)43-20-9-10-25-46-43/h5-12,15-28,30H,2-4,13-14H2,1H3. The number of imidazole rings is 1. The van der Waals surface area contributed by atoms with Crippen LogP contribution in [0, 0.1) is 6.92 Å². The molecule has 1 aliphatic carbocycles. The van der Waals surface area contributed by atoms with Crippen LogP contribution in [0.5, 0.6) is 11.5 Å². The molecule has 0 amide bonds. The van der Waals surface area contributed by atoms with Crippen molar-refractivity contribution in [3.8, 4) is 28.6 Å². The second-order valence-corrected chi connectivity index (χ2v) is 13.7. The van der Waals surface area contributed by atoms with E-state index >= 15 is 0 Å². The first-order valence-corrected chi connectivity index (χ1v) is 17.8. The molecule has 4 aromatic heterocycles. The minimum atomic E-state index is 0.588. The van der Waals surface area contributed by atoms with Gasteiger partial charge < -0.3 is 4.74 Å². The molecule has 5 heteroatoms. The summed E-state index contributed by atoms with van der Waals surface area (Å²) in [5.41, 5.74) is 9.55. The van der Waals surface area contributed by atoms with E-state index < -0.39 is 0 Å². The van der Waals surface area contributed by atoms with Gasteiger partial charge in [0, 0.05) is 39.4 Å². The molecular weight excluding hydrogens is 613 g/mol. The van der Waals surface area contributed by atoms with Gasteiger partial charge in [-0.15, -0.1) is 0 Å². The SMILES string of the molecule is Cc1cccc(C2CCCCC2)c1-c1cnc2c3cc(Oc4ccc5c6ccccc6n(-c6ccccn6)c5c4)ccc3c3ccccc3n12. The Labute approximate surface area is 290 Å². The van der Waals surface area contributed by atoms with Crippen molar-refractivity contribution in [3.05, 3.63) is 145 Å². The number of aromatic nitrogens is 4. The maximum absolute atomic E-state index is 6.68. The van der Waals surface area contributed by atoms with Gasteiger partial charge in [-0.1, -0.05) is 79.9 Å². The largest absolute Gasteiger partial charge is 0.457 e. The van der Waals surface area contributed by atoms with E-state index in [4.69, 9.17) is 14.7 Å². The van der Waals surface area contributed by atoms with Crippen LogP contribution in [-0.4, -0.2) is 18.9 Å². The van der Waals surface area contributed by atoms with E-state index in [2.05, 4.69) is 125 Å². The number of pyridine rings is 2. The Balaban J connectivity index is 1.14. The van der Waals surface area contributed by atoms with Crippen molar-refractivity contribution >= 4 is 49.1 Å². The van der Waals surface area contributed by atoms with Crippen molar-refractivity contribution in [2.45, 2.75) is 44.9 Å². The summed E-state index contributed by atoms with van der Waals surface area (Å²) in [6.07, 6.45) is 10.4. The molecule has 50 heavy (non-hydrogen) atoms. The van der Waals surface area contributed by atoms with Crippen molar-refractivity contribution in [1.82, 2.24) is 18.9 Å². The van der Waals surface area contributed by atoms with Crippen LogP contribution in [0.1, 0.15) is 49.1 Å². The molecule has 0 bridgehead atoms. The number of hydrogen-bond donors (Lipinski definition) is 0. The van der Waals surface area contributed by atoms with Crippen LogP contribution in [0.3, 0.4) is 0 Å². The molecule has 5 nitrogen and oxygen atoms in total. The van der Waals surface area contributed by atoms with Crippen LogP contribution in [-0.2, 0) is 0 Å². The summed E-state index contributed by atoms with van der Waals surface area (Å²) in [5.74, 6) is 3.02. The molecule has 0 atom stereocenters. The molecule has 9 aromatic rings. The normalized spacial score (nSPS) is 14.0. The highest BCUT2D eigenvalue weighted by atomic mass is 16.5. The highest BCUT2D eigenvalue weighted by Gasteiger charge is 2.23. The summed E-state index contributed by atoms with van der Waals surface area (Å²) in [5, 5.41) is 5.80. The van der Waals surface area contributed by atoms with E-state index in [9.17, 15) is 0 Å². The molecule has 1 saturated carbocycles. The van der Waals surface area contributed by atoms with E-state index in [1.54, 1.807) is 0 Å². The van der Waals surface area contributed by atoms with Gasteiger partial charge in [0.2, 0.25) is 0 Å². The topological polar surface area (TPSA) is 44.3 Å². The number of benzene rings is 5. The molecule has 1 aliphatic rings. The molecule has 5 aromatic carbocycles. The first-order valence-electron chi connectivity index (χ1n) is 17.8. The molecule has 0 aliphatic heterocycles. The summed E-state index contributed by atoms with van der Waals surface area (Å²) in [4.78, 5) is 9.85. The van der Waals surface area contributed by atoms with E-state index in [1.165, 1.54) is 75.9 Å². The van der Waals surface area contributed by atoms with E-state index in [-0.39, 0.29) is 0 Å². The van der Waals surface area contributed by atoms with Crippen molar-refractivity contribution in [1.29, 1.82) is 0 Å². The van der Waals surface area contributed by atoms with Gasteiger partial charge in [-0.3, -0.25) is 8.97 Å². The first-order chi connectivity index (χ1) is 24.7. The molecule has 0 saturated heterocycles. The molecule has 1 fully saturated rings. The lowest BCUT2D eigenvalue weighted by Crippen LogP contribution is -2.07. The molecule has 10 rings (SSSR count). The minimum Gasteiger partial charge on any atom is -0.457 e. The van der Waals surface area contributed by atoms with Gasteiger partial charge in [-0.2, -0.15) is 0 Å². The van der Waals surface area contributed by atoms with Gasteiger partial charge in [-0.25, -0.2) is 9.97 Å². The third-order valence-corrected chi connectivity index (χ3v) is 10.8. The van der Waals surface area contributed by atoms with E-state index in [0.717, 1.165) is 45.1 Å². The highest BCUT2D eigenvalue weighted by Crippen LogP contribution is 2.42. The number of hydrogen-bond acceptors (Lipinski definition) is 3. The fourth-order valence-corrected chi connectivity index (χ4v) is 8.54. The Hall–Kier alpha value is -5.94. The maximum atomic E-state index is 6.68. The zero-order valence-corrected chi connectivity index (χ0v) is 28.0. The molecule has 4 heterocycles. The number of fused-ring (bicyclic) bond motifs is 9. The Bertz CT molecular complexity index is 2730. The number of ether oxygens (including phenoxy) is 1. The summed E-state index contributed by atoms with van der Waals surface area (Å²) in [6.45, 7) is 2.25. The van der Waals surface area contributed by atoms with Crippen molar-refractivity contribution in [2.75, 3.05) is 0 Å². The number of rotatable bonds is 5. The zero-order valence-electron chi connectivity index (χ0n) is 28.0. The predicted molar refractivity (Wildman–Crippen MR) is 205 cm³/mol. The smallest absolute Gasteiger partial charge is 0.145 e. The van der Waals surface area contributed by atoms with Gasteiger partial charge in [0.05, 0.1) is 28.4 Å². The van der Waals surface area contributed by atoms with Crippen molar-refractivity contribution in [2.24, 2.45) is 0 Å². The summed E-state index contributed by atoms with van der Waals surface area (Å²) in [6, 6.07) is 42.9. The number of aryl methyl sites for hydroxylation is 1. The fourth-order valence-electron chi connectivity index (χ4n) is 8.54. The molecule has 0 unspecified atom stereocenters. The lowest BCUT2D eigenvalue weighted by molar-refractivity contribution is 0.444. The molecule has 242 valence electrons. The van der Waals surface area contributed by atoms with E-state index in [0.29, 0.717) is 5.92 Å². The highest BCUT2D eigenvalue weighted by molar-refractivity contribution is 6.13. The van der Waals surface area contributed by atoms with Crippen LogP contribution in [0.2, 0.25) is 0 Å². The Morgan fingerprint density at radius 3 is 2.14 bits per heavy atom. The van der Waals surface area contributed by atoms with Gasteiger partial charge in [0.25, 0.3) is 0 Å². The first kappa shape index (κ1) is 29.0. The summed E-state index contributed by atoms with van der Waals surface area (Å²) in [7, 11) is 0. The maximum Gasteiger partial charge on any atom is 0.145 e. The lowest BCUT2D eigenvalue weighted by atomic mass is 9.80. The van der Waals surface area contributed by atoms with Gasteiger partial charge in [-0.05, 0) is 96.8 Å². The second kappa shape index (κ2) is 11.6. The van der Waals surface area contributed by atoms with Gasteiger partial charge in [0.15, 0.2) is 0 Å². The molecule has 0 radical (unpaired) electrons. The Morgan fingerprint density at radius 2 is 1.32 bits per heavy atom. The molecule has 0 spiro atoms. The van der Waals surface area contributed by atoms with Crippen molar-refractivity contribution in [3.63, 3.8) is 0 Å². The molecular formula is C45H36N4O. The number of nitrogens with zero attached hydrogens (tertiary/aromatic N) is 4. The second-order valence-electron chi connectivity index (χ2n) is 13.7. The average Bonchev–Trinajstić information content (AvgIpc) is 3.75. The summed E-state index contributed by atoms with van der Waals surface area (Å²) < 4.78 is 11.3. The fraction of sp³-hybridized carbons (Fsp3) is 0.156. The van der Waals surface area contributed by atoms with Crippen LogP contribution in [0.15, 0.2) is 134 Å². The monoisotopic (exact) mass is 648 g/mol. The van der Waals surface area contributed by atoms with E-state index in [1.807, 2.05) is 24.4 Å². The molecule has 0 N–H and O–H groups in total. The Morgan fingerprint density at radius 1 is 0.600 bits per heavy atom. The van der Waals surface area contributed by atoms with Crippen LogP contribution < -0.4 is 4.74 Å². The zero-order chi connectivity index (χ0) is 33.2. The van der Waals surface area contributed by atoms with Gasteiger partial charge >= 0.3 is 0 Å². The third-order valence-electron chi connectivity index (χ3n) is 10.8.